The zero-order valence-electron chi connectivity index (χ0n) is 10.3. The summed E-state index contributed by atoms with van der Waals surface area (Å²) in [5.74, 6) is -2.79. The highest BCUT2D eigenvalue weighted by Gasteiger charge is 2.58. The zero-order valence-corrected chi connectivity index (χ0v) is 12.5. The van der Waals surface area contributed by atoms with E-state index in [1.54, 1.807) is 22.6 Å². The molecule has 0 amide bonds. The Balaban J connectivity index is 2.11. The van der Waals surface area contributed by atoms with Crippen molar-refractivity contribution in [2.24, 2.45) is 0 Å². The van der Waals surface area contributed by atoms with Crippen LogP contribution in [0.3, 0.4) is 0 Å². The predicted octanol–water partition coefficient (Wildman–Crippen LogP) is -1.14. The zero-order chi connectivity index (χ0) is 15.4. The Labute approximate surface area is 130 Å². The van der Waals surface area contributed by atoms with Crippen molar-refractivity contribution in [1.29, 1.82) is 0 Å². The highest BCUT2D eigenvalue weighted by molar-refractivity contribution is 14.1. The number of alkyl halides is 2. The van der Waals surface area contributed by atoms with Crippen molar-refractivity contribution in [3.8, 4) is 0 Å². The number of hydrogen-bond acceptors (Lipinski definition) is 8. The van der Waals surface area contributed by atoms with E-state index in [4.69, 9.17) is 10.5 Å². The molecule has 9 nitrogen and oxygen atoms in total. The molecule has 1 aliphatic heterocycles. The maximum absolute atomic E-state index is 15.1. The molecule has 0 spiro atoms. The third-order valence-electron chi connectivity index (χ3n) is 3.29. The summed E-state index contributed by atoms with van der Waals surface area (Å²) < 4.78 is 19.7. The number of imidazole rings is 1. The number of halogens is 2. The molecule has 1 unspecified atom stereocenters. The van der Waals surface area contributed by atoms with E-state index in [1.807, 2.05) is 0 Å². The maximum atomic E-state index is 15.1. The number of rotatable bonds is 2. The van der Waals surface area contributed by atoms with Crippen LogP contribution in [0, 0.1) is 0 Å². The van der Waals surface area contributed by atoms with Crippen LogP contribution in [0.4, 0.5) is 10.2 Å². The fraction of sp³-hybridized carbons (Fsp3) is 0.500. The summed E-state index contributed by atoms with van der Waals surface area (Å²) in [6.07, 6.45) is -2.70. The molecule has 1 fully saturated rings. The lowest BCUT2D eigenvalue weighted by atomic mass is 10.1. The fourth-order valence-electron chi connectivity index (χ4n) is 2.21. The normalized spacial score (nSPS) is 34.4. The van der Waals surface area contributed by atoms with E-state index in [2.05, 4.69) is 15.0 Å². The molecule has 0 saturated carbocycles. The number of aliphatic hydroxyl groups is 3. The van der Waals surface area contributed by atoms with Crippen LogP contribution in [0.25, 0.3) is 11.2 Å². The Bertz CT molecular complexity index is 685. The Hall–Kier alpha value is -1.15. The third kappa shape index (κ3) is 2.07. The monoisotopic (exact) mass is 411 g/mol. The number of aromatic nitrogens is 4. The molecule has 0 bridgehead atoms. The van der Waals surface area contributed by atoms with Gasteiger partial charge >= 0.3 is 5.98 Å². The number of anilines is 1. The van der Waals surface area contributed by atoms with Gasteiger partial charge in [-0.3, -0.25) is 4.57 Å². The predicted molar refractivity (Wildman–Crippen MR) is 75.7 cm³/mol. The topological polar surface area (TPSA) is 140 Å². The smallest absolute Gasteiger partial charge is 0.325 e. The van der Waals surface area contributed by atoms with Crippen molar-refractivity contribution in [2.75, 3.05) is 5.73 Å². The van der Waals surface area contributed by atoms with Crippen LogP contribution in [-0.4, -0.2) is 57.3 Å². The van der Waals surface area contributed by atoms with Crippen LogP contribution >= 0.6 is 22.6 Å². The first-order chi connectivity index (χ1) is 9.86. The number of nitrogens with zero attached hydrogens (tertiary/aromatic N) is 4. The second-order valence-corrected chi connectivity index (χ2v) is 5.82. The number of ether oxygens (including phenoxy) is 1. The average molecular weight is 411 g/mol. The van der Waals surface area contributed by atoms with E-state index in [1.165, 1.54) is 0 Å². The molecule has 3 heterocycles. The first-order valence-electron chi connectivity index (χ1n) is 5.85. The molecular weight excluding hydrogens is 400 g/mol. The largest absolute Gasteiger partial charge is 0.387 e. The highest BCUT2D eigenvalue weighted by Crippen LogP contribution is 2.40. The summed E-state index contributed by atoms with van der Waals surface area (Å²) in [6.45, 7) is 0. The van der Waals surface area contributed by atoms with Gasteiger partial charge in [-0.25, -0.2) is 15.0 Å². The lowest BCUT2D eigenvalue weighted by Crippen LogP contribution is -2.42. The summed E-state index contributed by atoms with van der Waals surface area (Å²) in [6, 6.07) is 0. The standard InChI is InChI=1S/C10H11FIN5O4/c11-10(6(19)4(18)5(21-10)7(12)20)17-2-16-3-8(13)14-1-15-9(3)17/h1-2,4-7,18-20H,(H2,13,14,15)/t4-,5+,6-,7?,10+/m1/s1. The minimum atomic E-state index is -2.83. The molecule has 3 rings (SSSR count). The molecule has 21 heavy (non-hydrogen) atoms. The molecule has 0 radical (unpaired) electrons. The van der Waals surface area contributed by atoms with Crippen molar-refractivity contribution < 1.29 is 24.4 Å². The van der Waals surface area contributed by atoms with E-state index in [-0.39, 0.29) is 17.0 Å². The first kappa shape index (κ1) is 14.8. The van der Waals surface area contributed by atoms with Gasteiger partial charge in [0.25, 0.3) is 0 Å². The van der Waals surface area contributed by atoms with Crippen molar-refractivity contribution in [1.82, 2.24) is 19.5 Å². The van der Waals surface area contributed by atoms with Crippen molar-refractivity contribution in [3.05, 3.63) is 12.7 Å². The third-order valence-corrected chi connectivity index (χ3v) is 4.00. The maximum Gasteiger partial charge on any atom is 0.325 e. The van der Waals surface area contributed by atoms with Gasteiger partial charge in [0.2, 0.25) is 0 Å². The Morgan fingerprint density at radius 2 is 2.14 bits per heavy atom. The Morgan fingerprint density at radius 1 is 1.43 bits per heavy atom. The van der Waals surface area contributed by atoms with Crippen LogP contribution < -0.4 is 5.73 Å². The summed E-state index contributed by atoms with van der Waals surface area (Å²) in [7, 11) is 0. The molecule has 0 aliphatic carbocycles. The molecule has 1 aliphatic rings. The molecular formula is C10H11FIN5O4. The molecule has 11 heteroatoms. The summed E-state index contributed by atoms with van der Waals surface area (Å²) >= 11 is 1.55. The van der Waals surface area contributed by atoms with E-state index < -0.39 is 28.4 Å². The number of fused-ring (bicyclic) bond motifs is 1. The highest BCUT2D eigenvalue weighted by atomic mass is 127. The number of hydrogen-bond donors (Lipinski definition) is 4. The minimum Gasteiger partial charge on any atom is -0.387 e. The summed E-state index contributed by atoms with van der Waals surface area (Å²) in [5.41, 5.74) is 5.74. The summed E-state index contributed by atoms with van der Waals surface area (Å²) in [5, 5.41) is 29.2. The molecule has 5 N–H and O–H groups in total. The molecule has 5 atom stereocenters. The van der Waals surface area contributed by atoms with Crippen molar-refractivity contribution in [3.63, 3.8) is 0 Å². The van der Waals surface area contributed by atoms with Crippen LogP contribution in [0.2, 0.25) is 0 Å². The Morgan fingerprint density at radius 3 is 2.76 bits per heavy atom. The van der Waals surface area contributed by atoms with Gasteiger partial charge in [-0.2, -0.15) is 4.39 Å². The average Bonchev–Trinajstić information content (AvgIpc) is 2.96. The molecule has 2 aromatic rings. The number of nitrogens with two attached hydrogens (primary N) is 1. The minimum absolute atomic E-state index is 0.000141. The van der Waals surface area contributed by atoms with Crippen LogP contribution in [-0.2, 0) is 10.7 Å². The second-order valence-electron chi connectivity index (χ2n) is 4.55. The van der Waals surface area contributed by atoms with Crippen molar-refractivity contribution >= 4 is 39.6 Å². The molecule has 0 aromatic carbocycles. The van der Waals surface area contributed by atoms with E-state index in [9.17, 15) is 15.3 Å². The fourth-order valence-corrected chi connectivity index (χ4v) is 2.79. The van der Waals surface area contributed by atoms with Gasteiger partial charge in [-0.15, -0.1) is 0 Å². The van der Waals surface area contributed by atoms with E-state index >= 15 is 4.39 Å². The second kappa shape index (κ2) is 4.95. The first-order valence-corrected chi connectivity index (χ1v) is 7.10. The molecule has 114 valence electrons. The van der Waals surface area contributed by atoms with Gasteiger partial charge in [0.05, 0.1) is 0 Å². The van der Waals surface area contributed by atoms with E-state index in [0.29, 0.717) is 0 Å². The van der Waals surface area contributed by atoms with Gasteiger partial charge in [-0.1, -0.05) is 0 Å². The quantitative estimate of drug-likeness (QED) is 0.360. The lowest BCUT2D eigenvalue weighted by molar-refractivity contribution is -0.236. The summed E-state index contributed by atoms with van der Waals surface area (Å²) in [4.78, 5) is 11.4. The molecule has 2 aromatic heterocycles. The van der Waals surface area contributed by atoms with Gasteiger partial charge in [0.15, 0.2) is 17.6 Å². The molecule has 1 saturated heterocycles. The van der Waals surface area contributed by atoms with Gasteiger partial charge in [-0.05, 0) is 22.6 Å². The van der Waals surface area contributed by atoms with Crippen LogP contribution in [0.15, 0.2) is 12.7 Å². The number of aliphatic hydroxyl groups excluding tert-OH is 3. The van der Waals surface area contributed by atoms with E-state index in [0.717, 1.165) is 17.2 Å². The SMILES string of the molecule is Nc1ncnc2c1ncn2[C@]1(F)O[C@H](C(O)I)[C@@H](O)[C@H]1O. The van der Waals surface area contributed by atoms with Crippen LogP contribution in [0.1, 0.15) is 0 Å². The lowest BCUT2D eigenvalue weighted by Gasteiger charge is -2.24. The van der Waals surface area contributed by atoms with Crippen molar-refractivity contribution in [2.45, 2.75) is 28.4 Å². The number of nitrogen functional groups attached to an aromatic ring is 1. The van der Waals surface area contributed by atoms with Gasteiger partial charge in [0.1, 0.15) is 34.5 Å². The van der Waals surface area contributed by atoms with Crippen LogP contribution in [0.5, 0.6) is 0 Å². The Kier molecular flexibility index (Phi) is 3.48. The van der Waals surface area contributed by atoms with Gasteiger partial charge in [0, 0.05) is 0 Å². The van der Waals surface area contributed by atoms with Gasteiger partial charge < -0.3 is 25.8 Å².